The van der Waals surface area contributed by atoms with Gasteiger partial charge in [-0.3, -0.25) is 9.35 Å². The standard InChI is InChI=1S/C31H30N2O5S2/c34-30(35)18-21-32-20-17-24(25-11-6-7-13-27(25)32)9-2-1-3-14-29-33(19-8-22-40(36,37)38)31-26-12-5-4-10-23(26)15-16-28(31)39-29/h1-7,9-17,20,29H,8,18-19,21-22H2,(H,34,35)(H,36,37,38). The summed E-state index contributed by atoms with van der Waals surface area (Å²) in [5, 5.41) is 11.3. The maximum atomic E-state index is 11.3. The topological polar surface area (TPSA) is 98.2 Å². The molecule has 7 nitrogen and oxygen atoms in total. The number of carbonyl (C=O) groups is 1. The van der Waals surface area contributed by atoms with Gasteiger partial charge in [-0.05, 0) is 35.6 Å². The van der Waals surface area contributed by atoms with Crippen LogP contribution in [-0.4, -0.2) is 48.3 Å². The highest BCUT2D eigenvalue weighted by atomic mass is 32.2. The lowest BCUT2D eigenvalue weighted by Crippen LogP contribution is -2.30. The molecule has 3 aromatic rings. The largest absolute Gasteiger partial charge is 0.481 e. The fourth-order valence-corrected chi connectivity index (χ4v) is 6.74. The second kappa shape index (κ2) is 12.2. The van der Waals surface area contributed by atoms with Crippen LogP contribution in [0.4, 0.5) is 11.4 Å². The number of allylic oxidation sites excluding steroid dienone is 6. The lowest BCUT2D eigenvalue weighted by Gasteiger charge is -2.27. The number of rotatable bonds is 10. The number of hydrogen-bond acceptors (Lipinski definition) is 6. The second-order valence-electron chi connectivity index (χ2n) is 9.54. The van der Waals surface area contributed by atoms with Crippen LogP contribution in [0.2, 0.25) is 0 Å². The molecule has 0 spiro atoms. The minimum absolute atomic E-state index is 0.0161. The Bertz CT molecular complexity index is 1640. The molecule has 0 amide bonds. The zero-order valence-corrected chi connectivity index (χ0v) is 23.4. The quantitative estimate of drug-likeness (QED) is 0.213. The number of fused-ring (bicyclic) bond motifs is 4. The van der Waals surface area contributed by atoms with Gasteiger partial charge < -0.3 is 14.9 Å². The van der Waals surface area contributed by atoms with Crippen molar-refractivity contribution >= 4 is 55.6 Å². The third kappa shape index (κ3) is 6.50. The number of aliphatic carboxylic acids is 1. The minimum atomic E-state index is -4.02. The molecule has 206 valence electrons. The molecule has 0 saturated heterocycles. The highest BCUT2D eigenvalue weighted by Gasteiger charge is 2.30. The molecule has 2 aliphatic rings. The minimum Gasteiger partial charge on any atom is -0.481 e. The van der Waals surface area contributed by atoms with Crippen LogP contribution in [0.3, 0.4) is 0 Å². The van der Waals surface area contributed by atoms with Crippen LogP contribution < -0.4 is 9.80 Å². The van der Waals surface area contributed by atoms with Crippen LogP contribution in [0.5, 0.6) is 0 Å². The van der Waals surface area contributed by atoms with E-state index in [2.05, 4.69) is 35.2 Å². The molecule has 2 N–H and O–H groups in total. The highest BCUT2D eigenvalue weighted by molar-refractivity contribution is 8.00. The summed E-state index contributed by atoms with van der Waals surface area (Å²) in [6.45, 7) is 0.905. The number of carboxylic acids is 1. The van der Waals surface area contributed by atoms with Gasteiger partial charge in [-0.15, -0.1) is 0 Å². The van der Waals surface area contributed by atoms with Gasteiger partial charge in [-0.1, -0.05) is 90.7 Å². The van der Waals surface area contributed by atoms with Gasteiger partial charge in [0.1, 0.15) is 0 Å². The third-order valence-corrected chi connectivity index (χ3v) is 8.85. The van der Waals surface area contributed by atoms with Crippen LogP contribution in [0.1, 0.15) is 18.4 Å². The Balaban J connectivity index is 1.33. The molecule has 40 heavy (non-hydrogen) atoms. The Morgan fingerprint density at radius 2 is 1.77 bits per heavy atom. The van der Waals surface area contributed by atoms with E-state index in [1.807, 2.05) is 77.9 Å². The summed E-state index contributed by atoms with van der Waals surface area (Å²) >= 11 is 1.72. The smallest absolute Gasteiger partial charge is 0.305 e. The molecule has 0 bridgehead atoms. The van der Waals surface area contributed by atoms with Crippen molar-refractivity contribution in [2.24, 2.45) is 0 Å². The summed E-state index contributed by atoms with van der Waals surface area (Å²) in [6, 6.07) is 20.3. The van der Waals surface area contributed by atoms with Crippen molar-refractivity contribution in [1.82, 2.24) is 0 Å². The Morgan fingerprint density at radius 3 is 2.60 bits per heavy atom. The van der Waals surface area contributed by atoms with E-state index >= 15 is 0 Å². The van der Waals surface area contributed by atoms with Crippen molar-refractivity contribution in [2.75, 3.05) is 28.6 Å². The summed E-state index contributed by atoms with van der Waals surface area (Å²) in [6.07, 6.45) is 14.4. The summed E-state index contributed by atoms with van der Waals surface area (Å²) < 4.78 is 31.9. The molecule has 9 heteroatoms. The molecule has 0 radical (unpaired) electrons. The average molecular weight is 575 g/mol. The van der Waals surface area contributed by atoms with Gasteiger partial charge in [0.15, 0.2) is 0 Å². The molecular formula is C31H30N2O5S2. The molecule has 2 aliphatic heterocycles. The molecule has 0 saturated carbocycles. The van der Waals surface area contributed by atoms with Crippen LogP contribution in [0.15, 0.2) is 108 Å². The Kier molecular flexibility index (Phi) is 8.44. The molecule has 2 heterocycles. The number of nitrogens with zero attached hydrogens (tertiary/aromatic N) is 2. The van der Waals surface area contributed by atoms with Crippen molar-refractivity contribution < 1.29 is 22.9 Å². The zero-order chi connectivity index (χ0) is 28.1. The van der Waals surface area contributed by atoms with E-state index in [4.69, 9.17) is 5.11 Å². The number of carboxylic acid groups (broad SMARTS) is 1. The van der Waals surface area contributed by atoms with Crippen molar-refractivity contribution in [1.29, 1.82) is 0 Å². The van der Waals surface area contributed by atoms with Gasteiger partial charge in [0.2, 0.25) is 0 Å². The lowest BCUT2D eigenvalue weighted by atomic mass is 9.99. The maximum Gasteiger partial charge on any atom is 0.305 e. The Hall–Kier alpha value is -3.79. The first kappa shape index (κ1) is 27.8. The van der Waals surface area contributed by atoms with Crippen molar-refractivity contribution in [3.05, 3.63) is 109 Å². The van der Waals surface area contributed by atoms with Crippen molar-refractivity contribution in [3.8, 4) is 0 Å². The summed E-state index contributed by atoms with van der Waals surface area (Å²) in [5.41, 5.74) is 4.15. The van der Waals surface area contributed by atoms with E-state index in [9.17, 15) is 17.8 Å². The van der Waals surface area contributed by atoms with Crippen LogP contribution in [0.25, 0.3) is 16.3 Å². The number of para-hydroxylation sites is 1. The molecule has 1 unspecified atom stereocenters. The van der Waals surface area contributed by atoms with Gasteiger partial charge in [0, 0.05) is 40.8 Å². The van der Waals surface area contributed by atoms with E-state index in [-0.39, 0.29) is 17.5 Å². The van der Waals surface area contributed by atoms with E-state index in [1.165, 1.54) is 0 Å². The van der Waals surface area contributed by atoms with Crippen LogP contribution >= 0.6 is 11.8 Å². The summed E-state index contributed by atoms with van der Waals surface area (Å²) in [4.78, 5) is 16.3. The lowest BCUT2D eigenvalue weighted by molar-refractivity contribution is -0.136. The SMILES string of the molecule is O=C(O)CCN1C=CC(=CC=CC=CC2Sc3ccc4ccccc4c3N2CCCS(=O)(=O)O)c2ccccc21. The number of thioether (sulfide) groups is 1. The molecule has 0 aromatic heterocycles. The van der Waals surface area contributed by atoms with E-state index in [1.54, 1.807) is 11.8 Å². The summed E-state index contributed by atoms with van der Waals surface area (Å²) in [7, 11) is -4.02. The van der Waals surface area contributed by atoms with Crippen LogP contribution in [-0.2, 0) is 14.9 Å². The van der Waals surface area contributed by atoms with Gasteiger partial charge in [-0.25, -0.2) is 0 Å². The fraction of sp³-hybridized carbons (Fsp3) is 0.194. The Labute approximate surface area is 238 Å². The van der Waals surface area contributed by atoms with E-state index in [0.29, 0.717) is 19.5 Å². The highest BCUT2D eigenvalue weighted by Crippen LogP contribution is 2.47. The normalized spacial score (nSPS) is 17.8. The average Bonchev–Trinajstić information content (AvgIpc) is 3.29. The van der Waals surface area contributed by atoms with E-state index < -0.39 is 16.1 Å². The molecule has 1 atom stereocenters. The van der Waals surface area contributed by atoms with Gasteiger partial charge in [-0.2, -0.15) is 8.42 Å². The van der Waals surface area contributed by atoms with Crippen molar-refractivity contribution in [3.63, 3.8) is 0 Å². The van der Waals surface area contributed by atoms with Gasteiger partial charge in [0.05, 0.1) is 23.2 Å². The fourth-order valence-electron chi connectivity index (χ4n) is 4.99. The maximum absolute atomic E-state index is 11.3. The van der Waals surface area contributed by atoms with Gasteiger partial charge >= 0.3 is 5.97 Å². The zero-order valence-electron chi connectivity index (χ0n) is 21.8. The first-order valence-corrected chi connectivity index (χ1v) is 15.5. The molecule has 3 aromatic carbocycles. The first-order chi connectivity index (χ1) is 19.3. The molecule has 0 aliphatic carbocycles. The predicted molar refractivity (Wildman–Crippen MR) is 163 cm³/mol. The van der Waals surface area contributed by atoms with Crippen LogP contribution in [0, 0.1) is 0 Å². The third-order valence-electron chi connectivity index (χ3n) is 6.81. The van der Waals surface area contributed by atoms with Gasteiger partial charge in [0.25, 0.3) is 10.1 Å². The second-order valence-corrected chi connectivity index (χ2v) is 12.3. The molecule has 0 fully saturated rings. The Morgan fingerprint density at radius 1 is 0.975 bits per heavy atom. The summed E-state index contributed by atoms with van der Waals surface area (Å²) in [5.74, 6) is -1.10. The van der Waals surface area contributed by atoms with Crippen molar-refractivity contribution in [2.45, 2.75) is 23.1 Å². The monoisotopic (exact) mass is 574 g/mol. The molecule has 5 rings (SSSR count). The predicted octanol–water partition coefficient (Wildman–Crippen LogP) is 6.36. The molecular weight excluding hydrogens is 544 g/mol. The first-order valence-electron chi connectivity index (χ1n) is 13.0. The number of benzene rings is 3. The van der Waals surface area contributed by atoms with E-state index in [0.717, 1.165) is 38.2 Å². The number of anilines is 2. The number of hydrogen-bond donors (Lipinski definition) is 2.